The Kier molecular flexibility index (Phi) is 17.3. The van der Waals surface area contributed by atoms with Crippen molar-refractivity contribution in [3.8, 4) is 0 Å². The van der Waals surface area contributed by atoms with Crippen LogP contribution in [0.5, 0.6) is 0 Å². The normalized spacial score (nSPS) is 41.0. The zero-order valence-electron chi connectivity index (χ0n) is 35.9. The summed E-state index contributed by atoms with van der Waals surface area (Å²) in [5.74, 6) is -6.71. The van der Waals surface area contributed by atoms with Crippen molar-refractivity contribution in [1.29, 1.82) is 0 Å². The molecular weight excluding hydrogens is 730 g/mol. The van der Waals surface area contributed by atoms with Gasteiger partial charge in [-0.1, -0.05) is 51.5 Å². The number of rotatable bonds is 7. The first-order valence-electron chi connectivity index (χ1n) is 21.2. The van der Waals surface area contributed by atoms with Crippen LogP contribution in [0.1, 0.15) is 112 Å². The van der Waals surface area contributed by atoms with E-state index in [1.807, 2.05) is 33.8 Å². The molecule has 4 aliphatic rings. The van der Waals surface area contributed by atoms with E-state index in [9.17, 15) is 29.4 Å². The molecule has 1 saturated carbocycles. The largest absolute Gasteiger partial charge is 0.456 e. The Morgan fingerprint density at radius 2 is 1.61 bits per heavy atom. The monoisotopic (exact) mass is 802 g/mol. The fourth-order valence-electron chi connectivity index (χ4n) is 9.63. The van der Waals surface area contributed by atoms with Gasteiger partial charge in [0.25, 0.3) is 11.7 Å². The van der Waals surface area contributed by atoms with E-state index in [0.717, 1.165) is 17.6 Å². The Labute approximate surface area is 340 Å². The Morgan fingerprint density at radius 1 is 0.947 bits per heavy atom. The number of ether oxygens (including phenoxy) is 5. The van der Waals surface area contributed by atoms with Gasteiger partial charge in [-0.15, -0.1) is 6.58 Å². The number of methoxy groups -OCH3 is 3. The number of nitrogens with zero attached hydrogens (tertiary/aromatic N) is 1. The molecule has 14 atom stereocenters. The van der Waals surface area contributed by atoms with Gasteiger partial charge in [0.1, 0.15) is 24.0 Å². The molecule has 322 valence electrons. The number of hydrogen-bond acceptors (Lipinski definition) is 11. The lowest BCUT2D eigenvalue weighted by Gasteiger charge is -2.47. The summed E-state index contributed by atoms with van der Waals surface area (Å²) in [6.07, 6.45) is 7.86. The number of cyclic esters (lactones) is 1. The van der Waals surface area contributed by atoms with Crippen LogP contribution in [0.4, 0.5) is 0 Å². The molecular formula is C45H71NO11. The quantitative estimate of drug-likeness (QED) is 0.179. The Hall–Kier alpha value is -2.74. The molecule has 57 heavy (non-hydrogen) atoms. The number of ketones is 2. The number of allylic oxidation sites excluding steroid dienone is 4. The summed E-state index contributed by atoms with van der Waals surface area (Å²) in [7, 11) is 4.69. The maximum absolute atomic E-state index is 14.4. The topological polar surface area (TPSA) is 158 Å². The number of carbonyl (C=O) groups is 4. The van der Waals surface area contributed by atoms with E-state index < -0.39 is 65.9 Å². The predicted molar refractivity (Wildman–Crippen MR) is 216 cm³/mol. The molecule has 0 aromatic carbocycles. The van der Waals surface area contributed by atoms with Gasteiger partial charge in [0.2, 0.25) is 5.79 Å². The van der Waals surface area contributed by atoms with Crippen LogP contribution in [-0.2, 0) is 42.9 Å². The van der Waals surface area contributed by atoms with Crippen molar-refractivity contribution < 1.29 is 53.1 Å². The van der Waals surface area contributed by atoms with Crippen LogP contribution in [0.15, 0.2) is 36.0 Å². The standard InChI is InChI=1S/C45H71NO11/c1-11-14-33-20-26(2)19-27(3)21-38(54-9)41-39(55-10)24-30(6)45(52,57-41)42(49)43(50)46-18-13-12-15-34(46)44(51)56-40(31(7)28(4)23-36(33)48)29(5)22-32-16-17-35(47)37(25-32)53-8/h11,20,22,27-28,30-35,37-41,47,52H,1,12-19,21,23-25H2,2-10H3/b26-20+,29-22+/t27-,28-,30+,31+,32-,33+,34-,35+,37+,38-,39-,40+,41+,45+/m0/s1. The van der Waals surface area contributed by atoms with Crippen molar-refractivity contribution in [2.75, 3.05) is 27.9 Å². The van der Waals surface area contributed by atoms with Crippen molar-refractivity contribution in [3.05, 3.63) is 36.0 Å². The van der Waals surface area contributed by atoms with Crippen LogP contribution in [0, 0.1) is 35.5 Å². The van der Waals surface area contributed by atoms with E-state index >= 15 is 0 Å². The lowest BCUT2D eigenvalue weighted by atomic mass is 9.79. The van der Waals surface area contributed by atoms with E-state index in [1.54, 1.807) is 34.3 Å². The minimum absolute atomic E-state index is 0.0593. The van der Waals surface area contributed by atoms with E-state index in [1.165, 1.54) is 4.90 Å². The maximum Gasteiger partial charge on any atom is 0.329 e. The SMILES string of the molecule is C=CC[C@@H]1/C=C(\C)C[C@H](C)C[C@H](OC)[C@H]2O[C@@](O)(C(=O)C(=O)N3CCCC[C@H]3C(=O)O[C@H](/C(C)=C/[C@@H]3CC[C@@H](O)[C@H](OC)C3)[C@H](C)[C@@H](C)CC1=O)[C@H](C)C[C@@H]2OC. The highest BCUT2D eigenvalue weighted by Crippen LogP contribution is 2.39. The molecule has 2 N–H and O–H groups in total. The van der Waals surface area contributed by atoms with Gasteiger partial charge in [-0.05, 0) is 101 Å². The van der Waals surface area contributed by atoms with Gasteiger partial charge in [-0.2, -0.15) is 0 Å². The second kappa shape index (κ2) is 21.0. The molecule has 12 nitrogen and oxygen atoms in total. The molecule has 1 aliphatic carbocycles. The first-order chi connectivity index (χ1) is 27.0. The molecule has 3 aliphatic heterocycles. The molecule has 0 aromatic heterocycles. The average molecular weight is 802 g/mol. The highest BCUT2D eigenvalue weighted by Gasteiger charge is 2.56. The zero-order valence-corrected chi connectivity index (χ0v) is 35.9. The number of Topliss-reactive ketones (excluding diaryl/α,β-unsaturated/α-hetero) is 2. The number of hydrogen-bond donors (Lipinski definition) is 2. The number of aliphatic hydroxyl groups excluding tert-OH is 1. The van der Waals surface area contributed by atoms with E-state index in [4.69, 9.17) is 23.7 Å². The van der Waals surface area contributed by atoms with Gasteiger partial charge in [0.15, 0.2) is 0 Å². The van der Waals surface area contributed by atoms with E-state index in [-0.39, 0.29) is 67.3 Å². The molecule has 3 fully saturated rings. The summed E-state index contributed by atoms with van der Waals surface area (Å²) in [6, 6.07) is -1.06. The molecule has 4 rings (SSSR count). The Bertz CT molecular complexity index is 1480. The molecule has 0 radical (unpaired) electrons. The molecule has 0 unspecified atom stereocenters. The van der Waals surface area contributed by atoms with Crippen molar-refractivity contribution in [2.45, 2.75) is 161 Å². The molecule has 0 spiro atoms. The number of fused-ring (bicyclic) bond motifs is 3. The van der Waals surface area contributed by atoms with E-state index in [2.05, 4.69) is 19.6 Å². The Morgan fingerprint density at radius 3 is 2.26 bits per heavy atom. The Balaban J connectivity index is 1.78. The van der Waals surface area contributed by atoms with Crippen molar-refractivity contribution >= 4 is 23.4 Å². The lowest BCUT2D eigenvalue weighted by molar-refractivity contribution is -0.302. The number of esters is 1. The maximum atomic E-state index is 14.4. The van der Waals surface area contributed by atoms with Gasteiger partial charge < -0.3 is 38.8 Å². The van der Waals surface area contributed by atoms with Crippen LogP contribution in [0.3, 0.4) is 0 Å². The van der Waals surface area contributed by atoms with E-state index in [0.29, 0.717) is 44.9 Å². The summed E-state index contributed by atoms with van der Waals surface area (Å²) in [6.45, 7) is 15.7. The summed E-state index contributed by atoms with van der Waals surface area (Å²) < 4.78 is 30.0. The second-order valence-electron chi connectivity index (χ2n) is 17.7. The summed E-state index contributed by atoms with van der Waals surface area (Å²) in [5, 5.41) is 22.5. The molecule has 1 amide bonds. The highest BCUT2D eigenvalue weighted by molar-refractivity contribution is 6.39. The first kappa shape index (κ1) is 46.9. The van der Waals surface area contributed by atoms with Gasteiger partial charge in [0.05, 0.1) is 24.4 Å². The lowest BCUT2D eigenvalue weighted by Crippen LogP contribution is -2.64. The number of aliphatic hydroxyl groups is 2. The average Bonchev–Trinajstić information content (AvgIpc) is 3.18. The van der Waals surface area contributed by atoms with Crippen LogP contribution in [0.2, 0.25) is 0 Å². The summed E-state index contributed by atoms with van der Waals surface area (Å²) >= 11 is 0. The summed E-state index contributed by atoms with van der Waals surface area (Å²) in [5.41, 5.74) is 1.85. The van der Waals surface area contributed by atoms with Crippen molar-refractivity contribution in [1.82, 2.24) is 4.90 Å². The fourth-order valence-corrected chi connectivity index (χ4v) is 9.63. The van der Waals surface area contributed by atoms with Crippen molar-refractivity contribution in [3.63, 3.8) is 0 Å². The number of piperidine rings is 1. The minimum Gasteiger partial charge on any atom is -0.456 e. The number of amides is 1. The highest BCUT2D eigenvalue weighted by atomic mass is 16.7. The van der Waals surface area contributed by atoms with Crippen LogP contribution in [0.25, 0.3) is 0 Å². The molecule has 2 saturated heterocycles. The zero-order chi connectivity index (χ0) is 42.2. The third-order valence-corrected chi connectivity index (χ3v) is 13.3. The fraction of sp³-hybridized carbons (Fsp3) is 0.778. The first-order valence-corrected chi connectivity index (χ1v) is 21.2. The van der Waals surface area contributed by atoms with Gasteiger partial charge in [-0.3, -0.25) is 14.4 Å². The third-order valence-electron chi connectivity index (χ3n) is 13.3. The molecule has 12 heteroatoms. The molecule has 0 aromatic rings. The van der Waals surface area contributed by atoms with Gasteiger partial charge in [0, 0.05) is 52.0 Å². The van der Waals surface area contributed by atoms with Crippen LogP contribution < -0.4 is 0 Å². The van der Waals surface area contributed by atoms with Crippen LogP contribution >= 0.6 is 0 Å². The molecule has 3 heterocycles. The number of carbonyl (C=O) groups excluding carboxylic acids is 4. The van der Waals surface area contributed by atoms with Gasteiger partial charge >= 0.3 is 5.97 Å². The van der Waals surface area contributed by atoms with Crippen molar-refractivity contribution in [2.24, 2.45) is 35.5 Å². The van der Waals surface area contributed by atoms with Crippen LogP contribution in [-0.4, -0.2) is 115 Å². The predicted octanol–water partition coefficient (Wildman–Crippen LogP) is 5.91. The second-order valence-corrected chi connectivity index (χ2v) is 17.7. The van der Waals surface area contributed by atoms with Gasteiger partial charge in [-0.25, -0.2) is 4.79 Å². The summed E-state index contributed by atoms with van der Waals surface area (Å²) in [4.78, 5) is 58.2. The third kappa shape index (κ3) is 11.3. The minimum atomic E-state index is -2.48. The smallest absolute Gasteiger partial charge is 0.329 e. The molecule has 2 bridgehead atoms.